The minimum atomic E-state index is -0.0865. The smallest absolute Gasteiger partial charge is 0.238 e. The average molecular weight is 295 g/mol. The Kier molecular flexibility index (Phi) is 8.42. The number of anilines is 1. The topological polar surface area (TPSA) is 62.8 Å². The molecule has 0 aromatic heterocycles. The van der Waals surface area contributed by atoms with Crippen LogP contribution in [-0.4, -0.2) is 64.9 Å². The summed E-state index contributed by atoms with van der Waals surface area (Å²) in [5.41, 5.74) is 0.725. The van der Waals surface area contributed by atoms with Crippen molar-refractivity contribution >= 4 is 11.6 Å². The second kappa shape index (κ2) is 10.1. The number of nitrogens with one attached hydrogen (secondary N) is 2. The maximum absolute atomic E-state index is 11.7. The molecule has 2 N–H and O–H groups in total. The first-order chi connectivity index (χ1) is 10.1. The summed E-state index contributed by atoms with van der Waals surface area (Å²) in [4.78, 5) is 13.8. The van der Waals surface area contributed by atoms with E-state index in [0.717, 1.165) is 18.0 Å². The lowest BCUT2D eigenvalue weighted by molar-refractivity contribution is -0.115. The Bertz CT molecular complexity index is 424. The third-order valence-electron chi connectivity index (χ3n) is 2.75. The fourth-order valence-electron chi connectivity index (χ4n) is 1.60. The van der Waals surface area contributed by atoms with Crippen LogP contribution < -0.4 is 15.4 Å². The number of carbonyl (C=O) groups excluding carboxylic acids is 1. The van der Waals surface area contributed by atoms with Crippen LogP contribution in [0.2, 0.25) is 0 Å². The number of rotatable bonds is 10. The molecule has 0 heterocycles. The Morgan fingerprint density at radius 1 is 1.29 bits per heavy atom. The molecule has 1 aromatic carbocycles. The highest BCUT2D eigenvalue weighted by Crippen LogP contribution is 2.16. The van der Waals surface area contributed by atoms with Crippen molar-refractivity contribution in [2.75, 3.05) is 59.4 Å². The van der Waals surface area contributed by atoms with E-state index in [4.69, 9.17) is 9.47 Å². The minimum absolute atomic E-state index is 0.0865. The van der Waals surface area contributed by atoms with Gasteiger partial charge in [-0.2, -0.15) is 0 Å². The number of hydrogen-bond acceptors (Lipinski definition) is 5. The molecule has 21 heavy (non-hydrogen) atoms. The van der Waals surface area contributed by atoms with Crippen molar-refractivity contribution in [2.24, 2.45) is 0 Å². The molecular weight excluding hydrogens is 270 g/mol. The van der Waals surface area contributed by atoms with E-state index in [9.17, 15) is 4.79 Å². The molecule has 0 unspecified atom stereocenters. The average Bonchev–Trinajstić information content (AvgIpc) is 2.46. The maximum atomic E-state index is 11.7. The molecule has 0 bridgehead atoms. The maximum Gasteiger partial charge on any atom is 0.238 e. The largest absolute Gasteiger partial charge is 0.497 e. The van der Waals surface area contributed by atoms with Crippen LogP contribution in [0.1, 0.15) is 0 Å². The Morgan fingerprint density at radius 3 is 2.81 bits per heavy atom. The zero-order chi connectivity index (χ0) is 15.5. The molecule has 6 heteroatoms. The Balaban J connectivity index is 2.11. The first-order valence-electron chi connectivity index (χ1n) is 6.99. The summed E-state index contributed by atoms with van der Waals surface area (Å²) in [6, 6.07) is 7.27. The lowest BCUT2D eigenvalue weighted by Crippen LogP contribution is -2.31. The lowest BCUT2D eigenvalue weighted by Gasteiger charge is -2.10. The fourth-order valence-corrected chi connectivity index (χ4v) is 1.60. The Morgan fingerprint density at radius 2 is 2.10 bits per heavy atom. The third kappa shape index (κ3) is 8.29. The van der Waals surface area contributed by atoms with Gasteiger partial charge in [-0.15, -0.1) is 0 Å². The van der Waals surface area contributed by atoms with Crippen LogP contribution in [0.5, 0.6) is 5.75 Å². The molecule has 0 aliphatic rings. The molecule has 1 amide bonds. The van der Waals surface area contributed by atoms with Crippen LogP contribution in [0.3, 0.4) is 0 Å². The van der Waals surface area contributed by atoms with Crippen molar-refractivity contribution in [1.29, 1.82) is 0 Å². The van der Waals surface area contributed by atoms with E-state index in [1.807, 2.05) is 32.3 Å². The molecule has 0 spiro atoms. The van der Waals surface area contributed by atoms with Gasteiger partial charge in [-0.05, 0) is 26.2 Å². The van der Waals surface area contributed by atoms with Gasteiger partial charge in [0, 0.05) is 24.8 Å². The summed E-state index contributed by atoms with van der Waals surface area (Å²) in [5.74, 6) is 0.631. The zero-order valence-electron chi connectivity index (χ0n) is 13.0. The number of benzene rings is 1. The van der Waals surface area contributed by atoms with Crippen LogP contribution in [0.25, 0.3) is 0 Å². The van der Waals surface area contributed by atoms with Gasteiger partial charge in [0.1, 0.15) is 5.75 Å². The predicted octanol–water partition coefficient (Wildman–Crippen LogP) is 0.802. The summed E-state index contributed by atoms with van der Waals surface area (Å²) in [6.45, 7) is 3.11. The predicted molar refractivity (Wildman–Crippen MR) is 83.9 cm³/mol. The van der Waals surface area contributed by atoms with Gasteiger partial charge in [-0.25, -0.2) is 0 Å². The van der Waals surface area contributed by atoms with Crippen molar-refractivity contribution in [3.8, 4) is 5.75 Å². The number of likely N-dealkylation sites (N-methyl/N-ethyl adjacent to an activating group) is 1. The van der Waals surface area contributed by atoms with Gasteiger partial charge in [-0.3, -0.25) is 4.79 Å². The van der Waals surface area contributed by atoms with E-state index in [2.05, 4.69) is 15.5 Å². The quantitative estimate of drug-likeness (QED) is 0.625. The monoisotopic (exact) mass is 295 g/mol. The second-order valence-corrected chi connectivity index (χ2v) is 4.87. The van der Waals surface area contributed by atoms with E-state index in [0.29, 0.717) is 19.8 Å². The molecule has 0 aliphatic heterocycles. The minimum Gasteiger partial charge on any atom is -0.497 e. The second-order valence-electron chi connectivity index (χ2n) is 4.87. The number of nitrogens with zero attached hydrogens (tertiary/aromatic N) is 1. The highest BCUT2D eigenvalue weighted by molar-refractivity contribution is 5.92. The van der Waals surface area contributed by atoms with Crippen LogP contribution in [0, 0.1) is 0 Å². The summed E-state index contributed by atoms with van der Waals surface area (Å²) < 4.78 is 10.5. The van der Waals surface area contributed by atoms with Crippen molar-refractivity contribution in [1.82, 2.24) is 10.2 Å². The highest BCUT2D eigenvalue weighted by atomic mass is 16.5. The van der Waals surface area contributed by atoms with Crippen LogP contribution in [0.4, 0.5) is 5.69 Å². The van der Waals surface area contributed by atoms with Gasteiger partial charge >= 0.3 is 0 Å². The van der Waals surface area contributed by atoms with Crippen molar-refractivity contribution < 1.29 is 14.3 Å². The van der Waals surface area contributed by atoms with E-state index in [1.165, 1.54) is 0 Å². The van der Waals surface area contributed by atoms with E-state index in [1.54, 1.807) is 13.2 Å². The highest BCUT2D eigenvalue weighted by Gasteiger charge is 2.02. The standard InChI is InChI=1S/C15H25N3O3/c1-18(2)8-10-21-9-7-16-12-15(19)17-13-5-4-6-14(11-13)20-3/h4-6,11,16H,7-10,12H2,1-3H3,(H,17,19). The number of hydrogen-bond donors (Lipinski definition) is 2. The van der Waals surface area contributed by atoms with Gasteiger partial charge in [0.15, 0.2) is 0 Å². The number of amides is 1. The fraction of sp³-hybridized carbons (Fsp3) is 0.533. The molecule has 0 saturated heterocycles. The summed E-state index contributed by atoms with van der Waals surface area (Å²) in [7, 11) is 5.60. The van der Waals surface area contributed by atoms with E-state index >= 15 is 0 Å². The van der Waals surface area contributed by atoms with E-state index in [-0.39, 0.29) is 12.5 Å². The normalized spacial score (nSPS) is 10.7. The van der Waals surface area contributed by atoms with Crippen LogP contribution in [-0.2, 0) is 9.53 Å². The molecule has 0 saturated carbocycles. The molecule has 0 radical (unpaired) electrons. The van der Waals surface area contributed by atoms with Gasteiger partial charge < -0.3 is 25.0 Å². The van der Waals surface area contributed by atoms with E-state index < -0.39 is 0 Å². The molecule has 0 fully saturated rings. The Hall–Kier alpha value is -1.63. The molecule has 0 atom stereocenters. The number of carbonyl (C=O) groups is 1. The lowest BCUT2D eigenvalue weighted by atomic mass is 10.3. The van der Waals surface area contributed by atoms with Gasteiger partial charge in [0.25, 0.3) is 0 Å². The van der Waals surface area contributed by atoms with Crippen molar-refractivity contribution in [3.63, 3.8) is 0 Å². The summed E-state index contributed by atoms with van der Waals surface area (Å²) >= 11 is 0. The molecule has 118 valence electrons. The number of methoxy groups -OCH3 is 1. The molecule has 6 nitrogen and oxygen atoms in total. The summed E-state index contributed by atoms with van der Waals surface area (Å²) in [5, 5.41) is 5.84. The Labute approximate surface area is 126 Å². The first kappa shape index (κ1) is 17.4. The van der Waals surface area contributed by atoms with Crippen molar-refractivity contribution in [2.45, 2.75) is 0 Å². The number of ether oxygens (including phenoxy) is 2. The molecular formula is C15H25N3O3. The van der Waals surface area contributed by atoms with Crippen LogP contribution >= 0.6 is 0 Å². The van der Waals surface area contributed by atoms with Gasteiger partial charge in [0.05, 0.1) is 26.9 Å². The van der Waals surface area contributed by atoms with Gasteiger partial charge in [-0.1, -0.05) is 6.07 Å². The summed E-state index contributed by atoms with van der Waals surface area (Å²) in [6.07, 6.45) is 0. The zero-order valence-corrected chi connectivity index (χ0v) is 13.0. The van der Waals surface area contributed by atoms with Gasteiger partial charge in [0.2, 0.25) is 5.91 Å². The SMILES string of the molecule is COc1cccc(NC(=O)CNCCOCCN(C)C)c1. The molecule has 1 rings (SSSR count). The first-order valence-corrected chi connectivity index (χ1v) is 6.99. The molecule has 0 aliphatic carbocycles. The molecule has 1 aromatic rings. The van der Waals surface area contributed by atoms with Crippen molar-refractivity contribution in [3.05, 3.63) is 24.3 Å². The van der Waals surface area contributed by atoms with Crippen LogP contribution in [0.15, 0.2) is 24.3 Å². The third-order valence-corrected chi connectivity index (χ3v) is 2.75.